The summed E-state index contributed by atoms with van der Waals surface area (Å²) in [6.45, 7) is 10.3. The molecule has 5 atom stereocenters. The first kappa shape index (κ1) is 33.5. The van der Waals surface area contributed by atoms with Gasteiger partial charge in [-0.2, -0.15) is 0 Å². The van der Waals surface area contributed by atoms with Gasteiger partial charge in [0.15, 0.2) is 0 Å². The van der Waals surface area contributed by atoms with Crippen molar-refractivity contribution in [1.29, 1.82) is 0 Å². The van der Waals surface area contributed by atoms with Gasteiger partial charge in [-0.25, -0.2) is 4.57 Å². The summed E-state index contributed by atoms with van der Waals surface area (Å²) >= 11 is 0. The maximum atomic E-state index is 13.3. The van der Waals surface area contributed by atoms with Crippen LogP contribution in [0.4, 0.5) is 0 Å². The van der Waals surface area contributed by atoms with Gasteiger partial charge in [-0.05, 0) is 70.9 Å². The number of β-amino-alcohol motifs (C(OH)–C–C–N with tert-alkyl or cyclic N) is 1. The number of benzene rings is 1. The molecule has 5 N–H and O–H groups in total. The van der Waals surface area contributed by atoms with Crippen molar-refractivity contribution in [2.75, 3.05) is 13.1 Å². The predicted molar refractivity (Wildman–Crippen MR) is 152 cm³/mol. The molecule has 0 bridgehead atoms. The maximum Gasteiger partial charge on any atom is 0.524 e. The van der Waals surface area contributed by atoms with Crippen LogP contribution < -0.4 is 15.2 Å². The molecule has 1 aliphatic heterocycles. The highest BCUT2D eigenvalue weighted by Crippen LogP contribution is 2.40. The lowest BCUT2D eigenvalue weighted by Crippen LogP contribution is -2.60. The van der Waals surface area contributed by atoms with Gasteiger partial charge in [0.05, 0.1) is 18.2 Å². The van der Waals surface area contributed by atoms with Gasteiger partial charge in [-0.1, -0.05) is 32.3 Å². The second-order valence-electron chi connectivity index (χ2n) is 11.8. The predicted octanol–water partition coefficient (Wildman–Crippen LogP) is 3.55. The number of carbonyl (C=O) groups is 2. The van der Waals surface area contributed by atoms with Gasteiger partial charge in [0, 0.05) is 29.8 Å². The van der Waals surface area contributed by atoms with Gasteiger partial charge < -0.3 is 20.3 Å². The third kappa shape index (κ3) is 9.44. The summed E-state index contributed by atoms with van der Waals surface area (Å²) in [7, 11) is -4.78. The minimum absolute atomic E-state index is 0. The smallest absolute Gasteiger partial charge is 0.404 e. The average Bonchev–Trinajstić information content (AvgIpc) is 2.81. The van der Waals surface area contributed by atoms with Crippen molar-refractivity contribution in [3.63, 3.8) is 0 Å². The minimum atomic E-state index is -4.78. The Hall–Kier alpha value is -1.68. The van der Waals surface area contributed by atoms with Crippen LogP contribution in [0.2, 0.25) is 0 Å². The zero-order valence-electron chi connectivity index (χ0n) is 23.6. The number of aliphatic hydroxyl groups is 1. The molecular weight excluding hydrogens is 545 g/mol. The van der Waals surface area contributed by atoms with E-state index in [1.165, 1.54) is 31.0 Å². The number of halogens is 1. The topological polar surface area (TPSA) is 148 Å². The number of amides is 2. The first-order valence-electron chi connectivity index (χ1n) is 13.6. The standard InChI is InChI=1S/C27H44N3O7P.ClH/c1-6-21(28-25(32)20-12-9-13-24(17(20)2)37-38(34,35)36)23(31)16-30-15-19-11-8-7-10-18(19)14-22(30)26(33)29-27(3,4)5;/h9,12-13,18-19,21-23,31H,6-8,10-11,14-16H2,1-5H3,(H,28,32)(H,29,33)(H2,34,35,36);1H. The van der Waals surface area contributed by atoms with E-state index in [0.29, 0.717) is 18.3 Å². The second kappa shape index (κ2) is 13.8. The van der Waals surface area contributed by atoms with E-state index >= 15 is 0 Å². The normalized spacial score (nSPS) is 23.5. The third-order valence-electron chi connectivity index (χ3n) is 7.69. The van der Waals surface area contributed by atoms with Gasteiger partial charge in [0.2, 0.25) is 5.91 Å². The lowest BCUT2D eigenvalue weighted by atomic mass is 9.72. The largest absolute Gasteiger partial charge is 0.524 e. The Balaban J connectivity index is 0.00000533. The zero-order valence-corrected chi connectivity index (χ0v) is 25.3. The first-order chi connectivity index (χ1) is 17.7. The monoisotopic (exact) mass is 589 g/mol. The third-order valence-corrected chi connectivity index (χ3v) is 8.13. The fourth-order valence-electron chi connectivity index (χ4n) is 5.80. The summed E-state index contributed by atoms with van der Waals surface area (Å²) < 4.78 is 16.0. The molecule has 12 heteroatoms. The van der Waals surface area contributed by atoms with E-state index in [4.69, 9.17) is 14.3 Å². The van der Waals surface area contributed by atoms with Crippen molar-refractivity contribution in [2.24, 2.45) is 11.8 Å². The van der Waals surface area contributed by atoms with Crippen LogP contribution in [0, 0.1) is 18.8 Å². The number of hydrogen-bond acceptors (Lipinski definition) is 6. The van der Waals surface area contributed by atoms with Crippen molar-refractivity contribution < 1.29 is 33.6 Å². The lowest BCUT2D eigenvalue weighted by Gasteiger charge is -2.47. The van der Waals surface area contributed by atoms with Gasteiger partial charge in [0.25, 0.3) is 5.91 Å². The Labute approximate surface area is 237 Å². The molecule has 222 valence electrons. The molecule has 0 radical (unpaired) electrons. The van der Waals surface area contributed by atoms with Crippen molar-refractivity contribution in [3.8, 4) is 5.75 Å². The number of fused-ring (bicyclic) bond motifs is 1. The molecule has 1 aromatic carbocycles. The van der Waals surface area contributed by atoms with E-state index in [1.807, 2.05) is 27.7 Å². The molecule has 0 aromatic heterocycles. The number of hydrogen-bond donors (Lipinski definition) is 5. The second-order valence-corrected chi connectivity index (χ2v) is 13.0. The van der Waals surface area contributed by atoms with Crippen LogP contribution in [0.25, 0.3) is 0 Å². The molecule has 3 rings (SSSR count). The molecule has 39 heavy (non-hydrogen) atoms. The number of carbonyl (C=O) groups excluding carboxylic acids is 2. The molecule has 1 saturated heterocycles. The van der Waals surface area contributed by atoms with E-state index in [2.05, 4.69) is 15.5 Å². The van der Waals surface area contributed by atoms with Crippen LogP contribution in [0.1, 0.15) is 82.1 Å². The molecule has 1 aromatic rings. The molecule has 2 aliphatic rings. The summed E-state index contributed by atoms with van der Waals surface area (Å²) in [5, 5.41) is 17.2. The van der Waals surface area contributed by atoms with E-state index in [0.717, 1.165) is 25.8 Å². The Morgan fingerprint density at radius 2 is 1.82 bits per heavy atom. The minimum Gasteiger partial charge on any atom is -0.404 e. The molecule has 2 fully saturated rings. The van der Waals surface area contributed by atoms with Gasteiger partial charge >= 0.3 is 7.82 Å². The highest BCUT2D eigenvalue weighted by atomic mass is 35.5. The molecule has 2 amide bonds. The average molecular weight is 590 g/mol. The number of phosphoric ester groups is 1. The van der Waals surface area contributed by atoms with Crippen molar-refractivity contribution in [2.45, 2.75) is 96.9 Å². The Bertz CT molecular complexity index is 1040. The molecule has 10 nitrogen and oxygen atoms in total. The number of nitrogens with one attached hydrogen (secondary N) is 2. The van der Waals surface area contributed by atoms with Crippen LogP contribution in [0.5, 0.6) is 5.75 Å². The van der Waals surface area contributed by atoms with Crippen molar-refractivity contribution in [1.82, 2.24) is 15.5 Å². The van der Waals surface area contributed by atoms with Crippen LogP contribution in [0.3, 0.4) is 0 Å². The Morgan fingerprint density at radius 1 is 1.18 bits per heavy atom. The highest BCUT2D eigenvalue weighted by Gasteiger charge is 2.41. The number of rotatable bonds is 9. The fourth-order valence-corrected chi connectivity index (χ4v) is 6.25. The van der Waals surface area contributed by atoms with E-state index < -0.39 is 25.9 Å². The SMILES string of the molecule is CCC(NC(=O)c1cccc(OP(=O)(O)O)c1C)C(O)CN1CC2CCCCC2CC1C(=O)NC(C)(C)C.Cl. The van der Waals surface area contributed by atoms with Gasteiger partial charge in [-0.3, -0.25) is 24.3 Å². The molecule has 1 aliphatic carbocycles. The summed E-state index contributed by atoms with van der Waals surface area (Å²) in [6, 6.07) is 3.49. The highest BCUT2D eigenvalue weighted by molar-refractivity contribution is 7.46. The number of aliphatic hydroxyl groups excluding tert-OH is 1. The quantitative estimate of drug-likeness (QED) is 0.275. The molecular formula is C27H45ClN3O7P. The molecule has 0 spiro atoms. The van der Waals surface area contributed by atoms with Crippen LogP contribution in [-0.2, 0) is 9.36 Å². The summed E-state index contributed by atoms with van der Waals surface area (Å²) in [4.78, 5) is 46.8. The summed E-state index contributed by atoms with van der Waals surface area (Å²) in [5.74, 6) is 0.437. The number of piperidine rings is 1. The summed E-state index contributed by atoms with van der Waals surface area (Å²) in [6.07, 6.45) is 4.97. The van der Waals surface area contributed by atoms with Crippen LogP contribution >= 0.6 is 20.2 Å². The van der Waals surface area contributed by atoms with Crippen LogP contribution in [0.15, 0.2) is 18.2 Å². The molecule has 1 heterocycles. The maximum absolute atomic E-state index is 13.3. The lowest BCUT2D eigenvalue weighted by molar-refractivity contribution is -0.132. The number of nitrogens with zero attached hydrogens (tertiary/aromatic N) is 1. The zero-order chi connectivity index (χ0) is 28.3. The Kier molecular flexibility index (Phi) is 11.9. The van der Waals surface area contributed by atoms with Gasteiger partial charge in [0.1, 0.15) is 5.75 Å². The molecule has 1 saturated carbocycles. The number of phosphoric acid groups is 1. The van der Waals surface area contributed by atoms with Crippen molar-refractivity contribution >= 4 is 32.0 Å². The van der Waals surface area contributed by atoms with Gasteiger partial charge in [-0.15, -0.1) is 12.4 Å². The number of likely N-dealkylation sites (tertiary alicyclic amines) is 1. The van der Waals surface area contributed by atoms with E-state index in [1.54, 1.807) is 6.92 Å². The summed E-state index contributed by atoms with van der Waals surface area (Å²) in [5.41, 5.74) is 0.128. The first-order valence-corrected chi connectivity index (χ1v) is 15.1. The fraction of sp³-hybridized carbons (Fsp3) is 0.704. The van der Waals surface area contributed by atoms with Crippen LogP contribution in [-0.4, -0.2) is 68.4 Å². The Morgan fingerprint density at radius 3 is 2.41 bits per heavy atom. The molecule has 5 unspecified atom stereocenters. The van der Waals surface area contributed by atoms with E-state index in [9.17, 15) is 19.3 Å². The van der Waals surface area contributed by atoms with Crippen molar-refractivity contribution in [3.05, 3.63) is 29.3 Å². The van der Waals surface area contributed by atoms with E-state index in [-0.39, 0.29) is 53.3 Å².